The SMILES string of the molecule is Cc1ccc(CNC(=O)c2nnc(C(Cl)=Cc3ccc(F)cc3)s2)cc1. The maximum absolute atomic E-state index is 12.9. The molecule has 0 saturated heterocycles. The van der Waals surface area contributed by atoms with Gasteiger partial charge in [-0.05, 0) is 36.3 Å². The fourth-order valence-electron chi connectivity index (χ4n) is 2.14. The lowest BCUT2D eigenvalue weighted by Crippen LogP contribution is -2.22. The number of amides is 1. The lowest BCUT2D eigenvalue weighted by Gasteiger charge is -2.03. The lowest BCUT2D eigenvalue weighted by atomic mass is 10.1. The normalized spacial score (nSPS) is 11.4. The number of aromatic nitrogens is 2. The second-order valence-corrected chi connectivity index (χ2v) is 7.01. The highest BCUT2D eigenvalue weighted by atomic mass is 35.5. The van der Waals surface area contributed by atoms with Gasteiger partial charge in [-0.1, -0.05) is 64.9 Å². The molecule has 0 unspecified atom stereocenters. The van der Waals surface area contributed by atoms with Crippen molar-refractivity contribution in [2.75, 3.05) is 0 Å². The molecule has 26 heavy (non-hydrogen) atoms. The molecule has 7 heteroatoms. The van der Waals surface area contributed by atoms with Gasteiger partial charge < -0.3 is 5.32 Å². The van der Waals surface area contributed by atoms with Crippen LogP contribution in [0.1, 0.15) is 31.5 Å². The van der Waals surface area contributed by atoms with E-state index in [0.29, 0.717) is 16.6 Å². The van der Waals surface area contributed by atoms with Crippen molar-refractivity contribution in [1.82, 2.24) is 15.5 Å². The summed E-state index contributed by atoms with van der Waals surface area (Å²) in [6.07, 6.45) is 1.65. The van der Waals surface area contributed by atoms with Crippen molar-refractivity contribution in [2.24, 2.45) is 0 Å². The number of hydrogen-bond donors (Lipinski definition) is 1. The van der Waals surface area contributed by atoms with Gasteiger partial charge in [0.1, 0.15) is 5.82 Å². The van der Waals surface area contributed by atoms with Crippen LogP contribution in [-0.2, 0) is 6.54 Å². The van der Waals surface area contributed by atoms with Crippen LogP contribution in [-0.4, -0.2) is 16.1 Å². The Hall–Kier alpha value is -2.57. The lowest BCUT2D eigenvalue weighted by molar-refractivity contribution is 0.0950. The first-order valence-corrected chi connectivity index (χ1v) is 9.01. The quantitative estimate of drug-likeness (QED) is 0.693. The van der Waals surface area contributed by atoms with Crippen LogP contribution in [0.25, 0.3) is 11.1 Å². The zero-order chi connectivity index (χ0) is 18.5. The smallest absolute Gasteiger partial charge is 0.282 e. The van der Waals surface area contributed by atoms with E-state index in [4.69, 9.17) is 11.6 Å². The van der Waals surface area contributed by atoms with Crippen LogP contribution < -0.4 is 5.32 Å². The number of carbonyl (C=O) groups excluding carboxylic acids is 1. The van der Waals surface area contributed by atoms with E-state index < -0.39 is 0 Å². The summed E-state index contributed by atoms with van der Waals surface area (Å²) in [5.74, 6) is -0.623. The van der Waals surface area contributed by atoms with Crippen molar-refractivity contribution >= 4 is 40.0 Å². The van der Waals surface area contributed by atoms with Gasteiger partial charge in [0.15, 0.2) is 5.01 Å². The highest BCUT2D eigenvalue weighted by Gasteiger charge is 2.14. The van der Waals surface area contributed by atoms with Gasteiger partial charge in [-0.25, -0.2) is 4.39 Å². The van der Waals surface area contributed by atoms with Crippen LogP contribution >= 0.6 is 22.9 Å². The Morgan fingerprint density at radius 2 is 1.77 bits per heavy atom. The summed E-state index contributed by atoms with van der Waals surface area (Å²) in [5.41, 5.74) is 2.90. The summed E-state index contributed by atoms with van der Waals surface area (Å²) in [4.78, 5) is 12.2. The van der Waals surface area contributed by atoms with E-state index in [-0.39, 0.29) is 16.7 Å². The Labute approximate surface area is 159 Å². The van der Waals surface area contributed by atoms with E-state index in [0.717, 1.165) is 28.0 Å². The number of rotatable bonds is 5. The zero-order valence-corrected chi connectivity index (χ0v) is 15.4. The van der Waals surface area contributed by atoms with Crippen LogP contribution in [0.3, 0.4) is 0 Å². The van der Waals surface area contributed by atoms with Crippen molar-refractivity contribution in [2.45, 2.75) is 13.5 Å². The number of halogens is 2. The summed E-state index contributed by atoms with van der Waals surface area (Å²) in [7, 11) is 0. The van der Waals surface area contributed by atoms with Crippen molar-refractivity contribution in [3.8, 4) is 0 Å². The molecule has 4 nitrogen and oxygen atoms in total. The molecule has 0 bridgehead atoms. The van der Waals surface area contributed by atoms with Crippen molar-refractivity contribution in [3.63, 3.8) is 0 Å². The molecule has 0 aliphatic heterocycles. The number of nitrogens with zero attached hydrogens (tertiary/aromatic N) is 2. The van der Waals surface area contributed by atoms with Crippen LogP contribution in [0.15, 0.2) is 48.5 Å². The Balaban J connectivity index is 1.65. The minimum absolute atomic E-state index is 0.234. The number of aryl methyl sites for hydroxylation is 1. The molecule has 0 aliphatic carbocycles. The number of hydrogen-bond acceptors (Lipinski definition) is 4. The van der Waals surface area contributed by atoms with Crippen LogP contribution in [0.4, 0.5) is 4.39 Å². The second-order valence-electron chi connectivity index (χ2n) is 5.62. The van der Waals surface area contributed by atoms with Crippen molar-refractivity contribution in [3.05, 3.63) is 81.1 Å². The maximum atomic E-state index is 12.9. The molecule has 1 amide bonds. The molecule has 3 rings (SSSR count). The van der Waals surface area contributed by atoms with E-state index in [9.17, 15) is 9.18 Å². The first-order valence-electron chi connectivity index (χ1n) is 7.81. The van der Waals surface area contributed by atoms with Crippen molar-refractivity contribution in [1.29, 1.82) is 0 Å². The third-order valence-corrected chi connectivity index (χ3v) is 4.92. The fourth-order valence-corrected chi connectivity index (χ4v) is 3.09. The second kappa shape index (κ2) is 8.21. The highest BCUT2D eigenvalue weighted by molar-refractivity contribution is 7.15. The molecule has 0 atom stereocenters. The van der Waals surface area contributed by atoms with Gasteiger partial charge in [-0.2, -0.15) is 0 Å². The van der Waals surface area contributed by atoms with Crippen LogP contribution in [0, 0.1) is 12.7 Å². The van der Waals surface area contributed by atoms with Gasteiger partial charge >= 0.3 is 0 Å². The summed E-state index contributed by atoms with van der Waals surface area (Å²) in [5, 5.41) is 11.6. The Morgan fingerprint density at radius 1 is 1.12 bits per heavy atom. The molecule has 132 valence electrons. The largest absolute Gasteiger partial charge is 0.346 e. The van der Waals surface area contributed by atoms with E-state index in [1.54, 1.807) is 18.2 Å². The molecule has 0 radical (unpaired) electrons. The molecule has 0 spiro atoms. The van der Waals surface area contributed by atoms with Gasteiger partial charge in [-0.15, -0.1) is 10.2 Å². The molecular formula is C19H15ClFN3OS. The van der Waals surface area contributed by atoms with E-state index in [2.05, 4.69) is 15.5 Å². The van der Waals surface area contributed by atoms with Gasteiger partial charge in [0, 0.05) is 6.54 Å². The minimum Gasteiger partial charge on any atom is -0.346 e. The summed E-state index contributed by atoms with van der Waals surface area (Å²) >= 11 is 7.33. The standard InChI is InChI=1S/C19H15ClFN3OS/c1-12-2-4-14(5-3-12)11-22-17(25)19-24-23-18(26-19)16(20)10-13-6-8-15(21)9-7-13/h2-10H,11H2,1H3,(H,22,25). The van der Waals surface area contributed by atoms with Crippen LogP contribution in [0.5, 0.6) is 0 Å². The Bertz CT molecular complexity index is 936. The first kappa shape index (κ1) is 18.2. The highest BCUT2D eigenvalue weighted by Crippen LogP contribution is 2.25. The Kier molecular flexibility index (Phi) is 5.75. The first-order chi connectivity index (χ1) is 12.5. The molecule has 3 aromatic rings. The average molecular weight is 388 g/mol. The summed E-state index contributed by atoms with van der Waals surface area (Å²) < 4.78 is 12.9. The van der Waals surface area contributed by atoms with Gasteiger partial charge in [0.05, 0.1) is 5.03 Å². The van der Waals surface area contributed by atoms with E-state index in [1.165, 1.54) is 12.1 Å². The van der Waals surface area contributed by atoms with E-state index >= 15 is 0 Å². The topological polar surface area (TPSA) is 54.9 Å². The minimum atomic E-state index is -0.318. The van der Waals surface area contributed by atoms with Gasteiger partial charge in [0.2, 0.25) is 5.01 Å². The molecule has 0 saturated carbocycles. The molecule has 1 aromatic heterocycles. The van der Waals surface area contributed by atoms with Gasteiger partial charge in [-0.3, -0.25) is 4.79 Å². The third kappa shape index (κ3) is 4.74. The number of carbonyl (C=O) groups is 1. The molecule has 0 aliphatic rings. The maximum Gasteiger partial charge on any atom is 0.282 e. The predicted molar refractivity (Wildman–Crippen MR) is 102 cm³/mol. The molecule has 0 fully saturated rings. The molecule has 1 heterocycles. The number of benzene rings is 2. The summed E-state index contributed by atoms with van der Waals surface area (Å²) in [6, 6.07) is 13.8. The molecule has 1 N–H and O–H groups in total. The van der Waals surface area contributed by atoms with Crippen molar-refractivity contribution < 1.29 is 9.18 Å². The van der Waals surface area contributed by atoms with Crippen LogP contribution in [0.2, 0.25) is 0 Å². The van der Waals surface area contributed by atoms with E-state index in [1.807, 2.05) is 31.2 Å². The predicted octanol–water partition coefficient (Wildman–Crippen LogP) is 4.65. The molecule has 2 aromatic carbocycles. The average Bonchev–Trinajstić information content (AvgIpc) is 3.13. The summed E-state index contributed by atoms with van der Waals surface area (Å²) in [6.45, 7) is 2.42. The number of nitrogens with one attached hydrogen (secondary N) is 1. The van der Waals surface area contributed by atoms with Gasteiger partial charge in [0.25, 0.3) is 5.91 Å². The zero-order valence-electron chi connectivity index (χ0n) is 13.9. The molecular weight excluding hydrogens is 373 g/mol. The Morgan fingerprint density at radius 3 is 2.46 bits per heavy atom. The monoisotopic (exact) mass is 387 g/mol. The third-order valence-electron chi connectivity index (χ3n) is 3.56. The fraction of sp³-hybridized carbons (Fsp3) is 0.105.